The average Bonchev–Trinajstić information content (AvgIpc) is 2.55. The summed E-state index contributed by atoms with van der Waals surface area (Å²) in [6, 6.07) is 9.35. The molecule has 2 aliphatic heterocycles. The molecule has 2 fully saturated rings. The third-order valence-corrected chi connectivity index (χ3v) is 5.30. The second-order valence-corrected chi connectivity index (χ2v) is 7.67. The van der Waals surface area contributed by atoms with Crippen molar-refractivity contribution in [2.24, 2.45) is 0 Å². The summed E-state index contributed by atoms with van der Waals surface area (Å²) in [7, 11) is 0. The van der Waals surface area contributed by atoms with Crippen LogP contribution in [0.2, 0.25) is 0 Å². The molecule has 1 amide bonds. The summed E-state index contributed by atoms with van der Waals surface area (Å²) in [5.41, 5.74) is 0.705. The van der Waals surface area contributed by atoms with E-state index >= 15 is 0 Å². The molecule has 1 unspecified atom stereocenters. The predicted octanol–water partition coefficient (Wildman–Crippen LogP) is 1.72. The highest BCUT2D eigenvalue weighted by atomic mass is 32.2. The minimum atomic E-state index is -0.694. The first-order valence-corrected chi connectivity index (χ1v) is 8.61. The molecule has 0 radical (unpaired) electrons. The molecule has 2 aliphatic rings. The van der Waals surface area contributed by atoms with E-state index in [0.29, 0.717) is 25.3 Å². The van der Waals surface area contributed by atoms with Crippen LogP contribution < -0.4 is 0 Å². The van der Waals surface area contributed by atoms with E-state index in [-0.39, 0.29) is 5.91 Å². The summed E-state index contributed by atoms with van der Waals surface area (Å²) < 4.78 is 12.7. The van der Waals surface area contributed by atoms with Gasteiger partial charge in [0.15, 0.2) is 4.27 Å². The molecule has 1 aromatic carbocycles. The number of hydrogen-bond donors (Lipinski definition) is 1. The lowest BCUT2D eigenvalue weighted by atomic mass is 10.2. The van der Waals surface area contributed by atoms with Gasteiger partial charge in [-0.2, -0.15) is 0 Å². The number of rotatable bonds is 3. The molecule has 0 aromatic heterocycles. The molecule has 2 saturated heterocycles. The van der Waals surface area contributed by atoms with E-state index in [4.69, 9.17) is 22.1 Å². The number of carbonyl (C=O) groups is 1. The largest absolute Gasteiger partial charge is 0.379 e. The van der Waals surface area contributed by atoms with E-state index in [1.807, 2.05) is 35.2 Å². The molecule has 2 heterocycles. The van der Waals surface area contributed by atoms with Gasteiger partial charge in [0, 0.05) is 25.2 Å². The summed E-state index contributed by atoms with van der Waals surface area (Å²) in [6.07, 6.45) is 0. The Labute approximate surface area is 140 Å². The Balaban J connectivity index is 1.64. The Morgan fingerprint density at radius 2 is 1.86 bits per heavy atom. The SMILES string of the molecule is O=C(c1ccccc1)N1CCOC(S)(SN2CCOCC2)C1. The molecular formula is C15H20N2O3S2. The van der Waals surface area contributed by atoms with Crippen LogP contribution in [0.15, 0.2) is 30.3 Å². The van der Waals surface area contributed by atoms with E-state index in [0.717, 1.165) is 26.3 Å². The molecule has 7 heteroatoms. The van der Waals surface area contributed by atoms with E-state index < -0.39 is 4.27 Å². The maximum absolute atomic E-state index is 12.6. The van der Waals surface area contributed by atoms with Crippen LogP contribution in [-0.4, -0.2) is 65.4 Å². The highest BCUT2D eigenvalue weighted by Crippen LogP contribution is 2.37. The van der Waals surface area contributed by atoms with Crippen LogP contribution in [0.3, 0.4) is 0 Å². The van der Waals surface area contributed by atoms with Crippen LogP contribution in [-0.2, 0) is 9.47 Å². The van der Waals surface area contributed by atoms with Crippen LogP contribution in [0.4, 0.5) is 0 Å². The first-order chi connectivity index (χ1) is 10.7. The monoisotopic (exact) mass is 340 g/mol. The lowest BCUT2D eigenvalue weighted by Crippen LogP contribution is -2.51. The van der Waals surface area contributed by atoms with Gasteiger partial charge in [-0.15, -0.1) is 12.6 Å². The molecule has 0 saturated carbocycles. The smallest absolute Gasteiger partial charge is 0.254 e. The van der Waals surface area contributed by atoms with Gasteiger partial charge in [-0.1, -0.05) is 18.2 Å². The van der Waals surface area contributed by atoms with Crippen LogP contribution >= 0.6 is 24.6 Å². The van der Waals surface area contributed by atoms with Crippen molar-refractivity contribution in [3.8, 4) is 0 Å². The minimum Gasteiger partial charge on any atom is -0.379 e. The summed E-state index contributed by atoms with van der Waals surface area (Å²) in [4.78, 5) is 14.4. The fraction of sp³-hybridized carbons (Fsp3) is 0.533. The lowest BCUT2D eigenvalue weighted by molar-refractivity contribution is 0.000286. The van der Waals surface area contributed by atoms with Crippen LogP contribution in [0.25, 0.3) is 0 Å². The van der Waals surface area contributed by atoms with Gasteiger partial charge in [-0.05, 0) is 24.1 Å². The number of benzene rings is 1. The summed E-state index contributed by atoms with van der Waals surface area (Å²) >= 11 is 6.25. The Hall–Kier alpha value is -0.730. The van der Waals surface area contributed by atoms with Crippen molar-refractivity contribution in [3.05, 3.63) is 35.9 Å². The first kappa shape index (κ1) is 16.1. The van der Waals surface area contributed by atoms with Gasteiger partial charge in [0.05, 0.1) is 26.4 Å². The zero-order valence-electron chi connectivity index (χ0n) is 12.3. The van der Waals surface area contributed by atoms with E-state index in [1.165, 1.54) is 0 Å². The summed E-state index contributed by atoms with van der Waals surface area (Å²) in [6.45, 7) is 4.71. The molecular weight excluding hydrogens is 320 g/mol. The van der Waals surface area contributed by atoms with E-state index in [9.17, 15) is 4.79 Å². The molecule has 0 bridgehead atoms. The zero-order chi connectivity index (χ0) is 15.4. The van der Waals surface area contributed by atoms with Gasteiger partial charge >= 0.3 is 0 Å². The highest BCUT2D eigenvalue weighted by Gasteiger charge is 2.38. The predicted molar refractivity (Wildman–Crippen MR) is 90.0 cm³/mol. The maximum atomic E-state index is 12.6. The standard InChI is InChI=1S/C15H20N2O3S2/c18-14(13-4-2-1-3-5-13)16-6-11-20-15(21,12-16)22-17-7-9-19-10-8-17/h1-5,21H,6-12H2. The third-order valence-electron chi connectivity index (χ3n) is 3.63. The molecule has 0 N–H and O–H groups in total. The van der Waals surface area contributed by atoms with Gasteiger partial charge in [0.1, 0.15) is 0 Å². The quantitative estimate of drug-likeness (QED) is 0.516. The molecule has 5 nitrogen and oxygen atoms in total. The number of carbonyl (C=O) groups excluding carboxylic acids is 1. The molecule has 1 atom stereocenters. The van der Waals surface area contributed by atoms with Gasteiger partial charge in [0.2, 0.25) is 0 Å². The minimum absolute atomic E-state index is 0.0323. The highest BCUT2D eigenvalue weighted by molar-refractivity contribution is 8.09. The number of morpholine rings is 2. The molecule has 1 aromatic rings. The number of thiol groups is 1. The van der Waals surface area contributed by atoms with Crippen molar-refractivity contribution in [2.45, 2.75) is 4.27 Å². The van der Waals surface area contributed by atoms with Crippen molar-refractivity contribution in [1.29, 1.82) is 0 Å². The Kier molecular flexibility index (Phi) is 5.30. The van der Waals surface area contributed by atoms with Gasteiger partial charge in [0.25, 0.3) is 5.91 Å². The topological polar surface area (TPSA) is 42.0 Å². The molecule has 0 spiro atoms. The Morgan fingerprint density at radius 1 is 1.14 bits per heavy atom. The Morgan fingerprint density at radius 3 is 2.59 bits per heavy atom. The number of amides is 1. The molecule has 3 rings (SSSR count). The summed E-state index contributed by atoms with van der Waals surface area (Å²) in [5, 5.41) is 0. The average molecular weight is 340 g/mol. The lowest BCUT2D eigenvalue weighted by Gasteiger charge is -2.41. The Bertz CT molecular complexity index is 511. The third kappa shape index (κ3) is 3.97. The van der Waals surface area contributed by atoms with Crippen molar-refractivity contribution in [2.75, 3.05) is 46.0 Å². The van der Waals surface area contributed by atoms with Gasteiger partial charge < -0.3 is 14.4 Å². The van der Waals surface area contributed by atoms with Gasteiger partial charge in [-0.25, -0.2) is 4.31 Å². The van der Waals surface area contributed by atoms with Crippen molar-refractivity contribution in [3.63, 3.8) is 0 Å². The van der Waals surface area contributed by atoms with Crippen molar-refractivity contribution in [1.82, 2.24) is 9.21 Å². The molecule has 22 heavy (non-hydrogen) atoms. The molecule has 120 valence electrons. The fourth-order valence-corrected chi connectivity index (χ4v) is 4.21. The number of nitrogens with zero attached hydrogens (tertiary/aromatic N) is 2. The number of ether oxygens (including phenoxy) is 2. The van der Waals surface area contributed by atoms with Crippen molar-refractivity contribution >= 4 is 30.5 Å². The van der Waals surface area contributed by atoms with Crippen molar-refractivity contribution < 1.29 is 14.3 Å². The van der Waals surface area contributed by atoms with E-state index in [2.05, 4.69) is 4.31 Å². The van der Waals surface area contributed by atoms with Crippen LogP contribution in [0.5, 0.6) is 0 Å². The van der Waals surface area contributed by atoms with Gasteiger partial charge in [-0.3, -0.25) is 4.79 Å². The normalized spacial score (nSPS) is 26.9. The van der Waals surface area contributed by atoms with E-state index in [1.54, 1.807) is 11.9 Å². The fourth-order valence-electron chi connectivity index (χ4n) is 2.51. The molecule has 0 aliphatic carbocycles. The second kappa shape index (κ2) is 7.23. The summed E-state index contributed by atoms with van der Waals surface area (Å²) in [5.74, 6) is 0.0323. The maximum Gasteiger partial charge on any atom is 0.254 e. The van der Waals surface area contributed by atoms with Crippen LogP contribution in [0.1, 0.15) is 10.4 Å². The number of hydrogen-bond acceptors (Lipinski definition) is 6. The van der Waals surface area contributed by atoms with Crippen LogP contribution in [0, 0.1) is 0 Å². The first-order valence-electron chi connectivity index (χ1n) is 7.39. The zero-order valence-corrected chi connectivity index (χ0v) is 14.0. The second-order valence-electron chi connectivity index (χ2n) is 5.29.